The predicted octanol–water partition coefficient (Wildman–Crippen LogP) is 2.62. The lowest BCUT2D eigenvalue weighted by molar-refractivity contribution is 0.145. The second-order valence-electron chi connectivity index (χ2n) is 3.94. The van der Waals surface area contributed by atoms with Gasteiger partial charge in [-0.3, -0.25) is 4.90 Å². The molecule has 0 atom stereocenters. The minimum absolute atomic E-state index is 0.568. The van der Waals surface area contributed by atoms with E-state index in [1.54, 1.807) is 0 Å². The number of likely N-dealkylation sites (tertiary alicyclic amines) is 1. The summed E-state index contributed by atoms with van der Waals surface area (Å²) < 4.78 is 12.9. The van der Waals surface area contributed by atoms with Crippen LogP contribution in [0.25, 0.3) is 0 Å². The van der Waals surface area contributed by atoms with Crippen molar-refractivity contribution in [1.82, 2.24) is 4.90 Å². The molecule has 76 valence electrons. The lowest BCUT2D eigenvalue weighted by atomic mass is 10.1. The third kappa shape index (κ3) is 2.55. The summed E-state index contributed by atoms with van der Waals surface area (Å²) in [6.45, 7) is 2.76. The standard InChI is InChI=1S/C12H16FN/c13-12-6-8-14(9-7-12)10-11-4-2-1-3-5-11/h1-5,12H,6-10H2. The average molecular weight is 193 g/mol. The van der Waals surface area contributed by atoms with Crippen molar-refractivity contribution >= 4 is 0 Å². The van der Waals surface area contributed by atoms with Gasteiger partial charge in [0, 0.05) is 19.6 Å². The van der Waals surface area contributed by atoms with Crippen molar-refractivity contribution in [2.24, 2.45) is 0 Å². The first-order chi connectivity index (χ1) is 6.84. The highest BCUT2D eigenvalue weighted by Gasteiger charge is 2.17. The van der Waals surface area contributed by atoms with Gasteiger partial charge in [-0.1, -0.05) is 30.3 Å². The quantitative estimate of drug-likeness (QED) is 0.698. The van der Waals surface area contributed by atoms with Crippen LogP contribution in [0.1, 0.15) is 18.4 Å². The van der Waals surface area contributed by atoms with Gasteiger partial charge < -0.3 is 0 Å². The first kappa shape index (κ1) is 9.66. The highest BCUT2D eigenvalue weighted by molar-refractivity contribution is 5.14. The summed E-state index contributed by atoms with van der Waals surface area (Å²) in [6, 6.07) is 10.4. The number of nitrogens with zero attached hydrogens (tertiary/aromatic N) is 1. The zero-order valence-electron chi connectivity index (χ0n) is 8.32. The van der Waals surface area contributed by atoms with Crippen LogP contribution >= 0.6 is 0 Å². The Morgan fingerprint density at radius 2 is 1.79 bits per heavy atom. The van der Waals surface area contributed by atoms with Crippen LogP contribution in [-0.2, 0) is 6.54 Å². The van der Waals surface area contributed by atoms with Crippen molar-refractivity contribution in [3.05, 3.63) is 35.9 Å². The second kappa shape index (κ2) is 4.56. The zero-order chi connectivity index (χ0) is 9.80. The molecule has 0 spiro atoms. The minimum atomic E-state index is -0.568. The van der Waals surface area contributed by atoms with Gasteiger partial charge in [0.15, 0.2) is 0 Å². The maximum Gasteiger partial charge on any atom is 0.103 e. The average Bonchev–Trinajstić information content (AvgIpc) is 2.23. The van der Waals surface area contributed by atoms with Gasteiger partial charge in [0.25, 0.3) is 0 Å². The van der Waals surface area contributed by atoms with Crippen LogP contribution in [0.5, 0.6) is 0 Å². The van der Waals surface area contributed by atoms with Gasteiger partial charge in [0.1, 0.15) is 6.17 Å². The van der Waals surface area contributed by atoms with Crippen LogP contribution in [-0.4, -0.2) is 24.2 Å². The molecule has 2 rings (SSSR count). The maximum absolute atomic E-state index is 12.9. The van der Waals surface area contributed by atoms with Crippen LogP contribution in [0.4, 0.5) is 4.39 Å². The molecule has 0 aliphatic carbocycles. The summed E-state index contributed by atoms with van der Waals surface area (Å²) >= 11 is 0. The summed E-state index contributed by atoms with van der Waals surface area (Å²) in [5, 5.41) is 0. The van der Waals surface area contributed by atoms with Crippen LogP contribution in [0, 0.1) is 0 Å². The SMILES string of the molecule is FC1CCN(Cc2ccccc2)CC1. The fraction of sp³-hybridized carbons (Fsp3) is 0.500. The molecule has 1 heterocycles. The zero-order valence-corrected chi connectivity index (χ0v) is 8.32. The van der Waals surface area contributed by atoms with Gasteiger partial charge >= 0.3 is 0 Å². The third-order valence-corrected chi connectivity index (χ3v) is 2.77. The minimum Gasteiger partial charge on any atom is -0.299 e. The summed E-state index contributed by atoms with van der Waals surface area (Å²) in [4.78, 5) is 2.32. The van der Waals surface area contributed by atoms with Crippen molar-refractivity contribution in [2.45, 2.75) is 25.6 Å². The van der Waals surface area contributed by atoms with E-state index in [1.165, 1.54) is 5.56 Å². The number of rotatable bonds is 2. The number of piperidine rings is 1. The fourth-order valence-corrected chi connectivity index (χ4v) is 1.90. The Balaban J connectivity index is 1.87. The van der Waals surface area contributed by atoms with Gasteiger partial charge in [-0.25, -0.2) is 4.39 Å². The molecule has 0 bridgehead atoms. The molecule has 1 fully saturated rings. The molecule has 0 amide bonds. The first-order valence-electron chi connectivity index (χ1n) is 5.25. The normalized spacial score (nSPS) is 19.8. The van der Waals surface area contributed by atoms with Gasteiger partial charge in [-0.15, -0.1) is 0 Å². The van der Waals surface area contributed by atoms with E-state index in [9.17, 15) is 4.39 Å². The van der Waals surface area contributed by atoms with Gasteiger partial charge in [-0.2, -0.15) is 0 Å². The van der Waals surface area contributed by atoms with E-state index >= 15 is 0 Å². The van der Waals surface area contributed by atoms with E-state index in [4.69, 9.17) is 0 Å². The topological polar surface area (TPSA) is 3.24 Å². The number of benzene rings is 1. The van der Waals surface area contributed by atoms with Crippen molar-refractivity contribution in [2.75, 3.05) is 13.1 Å². The van der Waals surface area contributed by atoms with Gasteiger partial charge in [0.2, 0.25) is 0 Å². The van der Waals surface area contributed by atoms with Crippen molar-refractivity contribution in [3.8, 4) is 0 Å². The third-order valence-electron chi connectivity index (χ3n) is 2.77. The number of halogens is 1. The fourth-order valence-electron chi connectivity index (χ4n) is 1.90. The van der Waals surface area contributed by atoms with Crippen LogP contribution in [0.3, 0.4) is 0 Å². The molecule has 0 saturated carbocycles. The molecule has 0 radical (unpaired) electrons. The summed E-state index contributed by atoms with van der Waals surface area (Å²) in [5.74, 6) is 0. The Morgan fingerprint density at radius 1 is 1.14 bits per heavy atom. The molecule has 0 aromatic heterocycles. The van der Waals surface area contributed by atoms with E-state index in [0.29, 0.717) is 12.8 Å². The maximum atomic E-state index is 12.9. The molecule has 1 aliphatic rings. The van der Waals surface area contributed by atoms with Crippen molar-refractivity contribution in [3.63, 3.8) is 0 Å². The monoisotopic (exact) mass is 193 g/mol. The molecule has 0 unspecified atom stereocenters. The predicted molar refractivity (Wildman–Crippen MR) is 55.8 cm³/mol. The number of alkyl halides is 1. The Bertz CT molecular complexity index is 265. The molecule has 1 aromatic carbocycles. The molecule has 1 saturated heterocycles. The highest BCUT2D eigenvalue weighted by Crippen LogP contribution is 2.15. The Labute approximate surface area is 84.5 Å². The van der Waals surface area contributed by atoms with Crippen molar-refractivity contribution < 1.29 is 4.39 Å². The van der Waals surface area contributed by atoms with Crippen LogP contribution in [0.2, 0.25) is 0 Å². The van der Waals surface area contributed by atoms with Crippen molar-refractivity contribution in [1.29, 1.82) is 0 Å². The Kier molecular flexibility index (Phi) is 3.14. The summed E-state index contributed by atoms with van der Waals surface area (Å²) in [6.07, 6.45) is 0.835. The lowest BCUT2D eigenvalue weighted by Gasteiger charge is -2.28. The van der Waals surface area contributed by atoms with E-state index in [-0.39, 0.29) is 0 Å². The van der Waals surface area contributed by atoms with Gasteiger partial charge in [0.05, 0.1) is 0 Å². The smallest absolute Gasteiger partial charge is 0.103 e. The van der Waals surface area contributed by atoms with Gasteiger partial charge in [-0.05, 0) is 18.4 Å². The highest BCUT2D eigenvalue weighted by atomic mass is 19.1. The van der Waals surface area contributed by atoms with E-state index in [0.717, 1.165) is 19.6 Å². The molecular formula is C12H16FN. The van der Waals surface area contributed by atoms with E-state index < -0.39 is 6.17 Å². The first-order valence-corrected chi connectivity index (χ1v) is 5.25. The lowest BCUT2D eigenvalue weighted by Crippen LogP contribution is -2.33. The van der Waals surface area contributed by atoms with E-state index in [2.05, 4.69) is 29.2 Å². The summed E-state index contributed by atoms with van der Waals surface area (Å²) in [7, 11) is 0. The van der Waals surface area contributed by atoms with Crippen LogP contribution < -0.4 is 0 Å². The largest absolute Gasteiger partial charge is 0.299 e. The number of hydrogen-bond acceptors (Lipinski definition) is 1. The molecule has 1 aliphatic heterocycles. The summed E-state index contributed by atoms with van der Waals surface area (Å²) in [5.41, 5.74) is 1.32. The molecule has 14 heavy (non-hydrogen) atoms. The second-order valence-corrected chi connectivity index (χ2v) is 3.94. The Morgan fingerprint density at radius 3 is 2.43 bits per heavy atom. The van der Waals surface area contributed by atoms with E-state index in [1.807, 2.05) is 6.07 Å². The van der Waals surface area contributed by atoms with Crippen LogP contribution in [0.15, 0.2) is 30.3 Å². The Hall–Kier alpha value is -0.890. The molecule has 1 nitrogen and oxygen atoms in total. The molecule has 2 heteroatoms. The number of hydrogen-bond donors (Lipinski definition) is 0. The molecule has 0 N–H and O–H groups in total. The molecular weight excluding hydrogens is 177 g/mol. The molecule has 1 aromatic rings.